The van der Waals surface area contributed by atoms with Gasteiger partial charge in [-0.25, -0.2) is 4.98 Å². The normalized spacial score (nSPS) is 12.4. The minimum Gasteiger partial charge on any atom is -0.383 e. The number of aromatic nitrogens is 1. The van der Waals surface area contributed by atoms with Gasteiger partial charge in [0, 0.05) is 27.3 Å². The highest BCUT2D eigenvalue weighted by atomic mass is 16.5. The summed E-state index contributed by atoms with van der Waals surface area (Å²) in [7, 11) is 5.35. The lowest BCUT2D eigenvalue weighted by atomic mass is 10.2. The van der Waals surface area contributed by atoms with Crippen molar-refractivity contribution in [3.05, 3.63) is 23.9 Å². The second-order valence-electron chi connectivity index (χ2n) is 4.51. The predicted molar refractivity (Wildman–Crippen MR) is 77.6 cm³/mol. The SMILES string of the molecule is CNCc1cccc(N(CCOC)C(C)COC)n1. The van der Waals surface area contributed by atoms with Crippen LogP contribution in [-0.4, -0.2) is 52.1 Å². The molecule has 0 aliphatic heterocycles. The molecule has 0 saturated heterocycles. The third-order valence-corrected chi connectivity index (χ3v) is 2.92. The minimum atomic E-state index is 0.262. The van der Waals surface area contributed by atoms with Crippen molar-refractivity contribution >= 4 is 5.82 Å². The Labute approximate surface area is 115 Å². The topological polar surface area (TPSA) is 46.6 Å². The molecule has 0 bridgehead atoms. The first-order valence-electron chi connectivity index (χ1n) is 6.58. The number of pyridine rings is 1. The molecular weight excluding hydrogens is 242 g/mol. The Morgan fingerprint density at radius 3 is 2.74 bits per heavy atom. The van der Waals surface area contributed by atoms with Crippen LogP contribution in [0.2, 0.25) is 0 Å². The molecule has 0 aliphatic rings. The van der Waals surface area contributed by atoms with Gasteiger partial charge in [0.15, 0.2) is 0 Å². The first-order chi connectivity index (χ1) is 9.22. The molecule has 1 heterocycles. The number of hydrogen-bond acceptors (Lipinski definition) is 5. The summed E-state index contributed by atoms with van der Waals surface area (Å²) in [6.07, 6.45) is 0. The lowest BCUT2D eigenvalue weighted by molar-refractivity contribution is 0.170. The van der Waals surface area contributed by atoms with Crippen molar-refractivity contribution in [2.75, 3.05) is 45.9 Å². The molecule has 1 aromatic heterocycles. The monoisotopic (exact) mass is 267 g/mol. The van der Waals surface area contributed by atoms with Gasteiger partial charge in [0.05, 0.1) is 24.9 Å². The van der Waals surface area contributed by atoms with Gasteiger partial charge in [0.2, 0.25) is 0 Å². The number of methoxy groups -OCH3 is 2. The maximum absolute atomic E-state index is 5.24. The quantitative estimate of drug-likeness (QED) is 0.730. The van der Waals surface area contributed by atoms with E-state index in [9.17, 15) is 0 Å². The summed E-state index contributed by atoms with van der Waals surface area (Å²) in [6, 6.07) is 6.35. The number of nitrogens with zero attached hydrogens (tertiary/aromatic N) is 2. The Bertz CT molecular complexity index is 360. The molecule has 5 nitrogen and oxygen atoms in total. The van der Waals surface area contributed by atoms with Crippen LogP contribution >= 0.6 is 0 Å². The third kappa shape index (κ3) is 5.14. The number of ether oxygens (including phenoxy) is 2. The standard InChI is InChI=1S/C14H25N3O2/c1-12(11-19-4)17(8-9-18-3)14-7-5-6-13(16-14)10-15-2/h5-7,12,15H,8-11H2,1-4H3. The Morgan fingerprint density at radius 1 is 1.32 bits per heavy atom. The fourth-order valence-electron chi connectivity index (χ4n) is 1.99. The van der Waals surface area contributed by atoms with E-state index in [0.717, 1.165) is 24.6 Å². The first-order valence-corrected chi connectivity index (χ1v) is 6.58. The number of anilines is 1. The largest absolute Gasteiger partial charge is 0.383 e. The van der Waals surface area contributed by atoms with Gasteiger partial charge in [-0.3, -0.25) is 0 Å². The highest BCUT2D eigenvalue weighted by Crippen LogP contribution is 2.15. The average Bonchev–Trinajstić information content (AvgIpc) is 2.40. The number of hydrogen-bond donors (Lipinski definition) is 1. The van der Waals surface area contributed by atoms with Crippen molar-refractivity contribution in [2.45, 2.75) is 19.5 Å². The molecule has 0 aromatic carbocycles. The molecule has 5 heteroatoms. The highest BCUT2D eigenvalue weighted by molar-refractivity contribution is 5.40. The smallest absolute Gasteiger partial charge is 0.129 e. The van der Waals surface area contributed by atoms with E-state index < -0.39 is 0 Å². The van der Waals surface area contributed by atoms with E-state index in [1.165, 1.54) is 0 Å². The van der Waals surface area contributed by atoms with E-state index in [-0.39, 0.29) is 6.04 Å². The van der Waals surface area contributed by atoms with Crippen LogP contribution in [0.4, 0.5) is 5.82 Å². The molecule has 1 unspecified atom stereocenters. The highest BCUT2D eigenvalue weighted by Gasteiger charge is 2.15. The van der Waals surface area contributed by atoms with Gasteiger partial charge in [-0.15, -0.1) is 0 Å². The van der Waals surface area contributed by atoms with Crippen molar-refractivity contribution in [1.29, 1.82) is 0 Å². The van der Waals surface area contributed by atoms with Crippen molar-refractivity contribution in [3.8, 4) is 0 Å². The van der Waals surface area contributed by atoms with Gasteiger partial charge in [0.1, 0.15) is 5.82 Å². The fourth-order valence-corrected chi connectivity index (χ4v) is 1.99. The van der Waals surface area contributed by atoms with Gasteiger partial charge in [0.25, 0.3) is 0 Å². The zero-order valence-corrected chi connectivity index (χ0v) is 12.3. The molecule has 0 saturated carbocycles. The summed E-state index contributed by atoms with van der Waals surface area (Å²) < 4.78 is 10.4. The van der Waals surface area contributed by atoms with Crippen LogP contribution < -0.4 is 10.2 Å². The summed E-state index contributed by atoms with van der Waals surface area (Å²) in [5.74, 6) is 0.967. The number of nitrogens with one attached hydrogen (secondary N) is 1. The van der Waals surface area contributed by atoms with Crippen LogP contribution in [-0.2, 0) is 16.0 Å². The van der Waals surface area contributed by atoms with Crippen LogP contribution in [0.15, 0.2) is 18.2 Å². The minimum absolute atomic E-state index is 0.262. The molecule has 0 aliphatic carbocycles. The molecule has 0 amide bonds. The van der Waals surface area contributed by atoms with E-state index in [1.807, 2.05) is 25.2 Å². The molecule has 0 spiro atoms. The van der Waals surface area contributed by atoms with Crippen LogP contribution in [0.1, 0.15) is 12.6 Å². The Balaban J connectivity index is 2.85. The summed E-state index contributed by atoms with van der Waals surface area (Å²) >= 11 is 0. The summed E-state index contributed by atoms with van der Waals surface area (Å²) in [5.41, 5.74) is 1.03. The molecule has 1 aromatic rings. The summed E-state index contributed by atoms with van der Waals surface area (Å²) in [5, 5.41) is 3.12. The van der Waals surface area contributed by atoms with E-state index in [1.54, 1.807) is 14.2 Å². The van der Waals surface area contributed by atoms with Crippen molar-refractivity contribution < 1.29 is 9.47 Å². The lowest BCUT2D eigenvalue weighted by Crippen LogP contribution is -2.39. The summed E-state index contributed by atoms with van der Waals surface area (Å²) in [6.45, 7) is 5.04. The zero-order valence-electron chi connectivity index (χ0n) is 12.3. The molecule has 19 heavy (non-hydrogen) atoms. The van der Waals surface area contributed by atoms with Crippen molar-refractivity contribution in [2.24, 2.45) is 0 Å². The van der Waals surface area contributed by atoms with Gasteiger partial charge >= 0.3 is 0 Å². The molecule has 1 atom stereocenters. The van der Waals surface area contributed by atoms with E-state index >= 15 is 0 Å². The van der Waals surface area contributed by atoms with Crippen molar-refractivity contribution in [3.63, 3.8) is 0 Å². The third-order valence-electron chi connectivity index (χ3n) is 2.92. The van der Waals surface area contributed by atoms with E-state index in [0.29, 0.717) is 13.2 Å². The zero-order chi connectivity index (χ0) is 14.1. The Hall–Kier alpha value is -1.17. The predicted octanol–water partition coefficient (Wildman–Crippen LogP) is 1.29. The molecule has 0 fully saturated rings. The van der Waals surface area contributed by atoms with E-state index in [4.69, 9.17) is 9.47 Å². The van der Waals surface area contributed by atoms with Crippen LogP contribution in [0.5, 0.6) is 0 Å². The molecule has 1 rings (SSSR count). The molecule has 108 valence electrons. The maximum atomic E-state index is 5.24. The fraction of sp³-hybridized carbons (Fsp3) is 0.643. The van der Waals surface area contributed by atoms with Crippen molar-refractivity contribution in [1.82, 2.24) is 10.3 Å². The first kappa shape index (κ1) is 15.9. The Kier molecular flexibility index (Phi) is 7.40. The molecule has 0 radical (unpaired) electrons. The Morgan fingerprint density at radius 2 is 2.11 bits per heavy atom. The van der Waals surface area contributed by atoms with Gasteiger partial charge < -0.3 is 19.7 Å². The van der Waals surface area contributed by atoms with Gasteiger partial charge in [-0.1, -0.05) is 6.07 Å². The van der Waals surface area contributed by atoms with Crippen LogP contribution in [0, 0.1) is 0 Å². The summed E-state index contributed by atoms with van der Waals surface area (Å²) in [4.78, 5) is 6.89. The maximum Gasteiger partial charge on any atom is 0.129 e. The molecular formula is C14H25N3O2. The molecule has 1 N–H and O–H groups in total. The second-order valence-corrected chi connectivity index (χ2v) is 4.51. The van der Waals surface area contributed by atoms with Gasteiger partial charge in [-0.05, 0) is 26.1 Å². The second kappa shape index (κ2) is 8.85. The van der Waals surface area contributed by atoms with Crippen LogP contribution in [0.25, 0.3) is 0 Å². The van der Waals surface area contributed by atoms with E-state index in [2.05, 4.69) is 22.1 Å². The van der Waals surface area contributed by atoms with Gasteiger partial charge in [-0.2, -0.15) is 0 Å². The lowest BCUT2D eigenvalue weighted by Gasteiger charge is -2.30. The average molecular weight is 267 g/mol. The van der Waals surface area contributed by atoms with Crippen LogP contribution in [0.3, 0.4) is 0 Å². The number of rotatable bonds is 9.